The molecule has 0 saturated carbocycles. The number of hydrogen-bond acceptors (Lipinski definition) is 3. The molecule has 4 heteroatoms. The normalized spacial score (nSPS) is 10.9. The second-order valence-electron chi connectivity index (χ2n) is 3.54. The Bertz CT molecular complexity index is 274. The number of nitrogens with one attached hydrogen (secondary N) is 1. The lowest BCUT2D eigenvalue weighted by atomic mass is 10.3. The van der Waals surface area contributed by atoms with Crippen LogP contribution in [0.3, 0.4) is 0 Å². The van der Waals surface area contributed by atoms with Crippen LogP contribution in [0.1, 0.15) is 12.6 Å². The number of pyridine rings is 1. The topological polar surface area (TPSA) is 28.2 Å². The lowest BCUT2D eigenvalue weighted by Gasteiger charge is -2.13. The van der Waals surface area contributed by atoms with Crippen LogP contribution in [0.2, 0.25) is 5.02 Å². The molecule has 0 amide bonds. The Morgan fingerprint density at radius 1 is 1.47 bits per heavy atom. The van der Waals surface area contributed by atoms with Gasteiger partial charge in [0.15, 0.2) is 0 Å². The smallest absolute Gasteiger partial charge is 0.0589 e. The van der Waals surface area contributed by atoms with Crippen molar-refractivity contribution in [3.8, 4) is 0 Å². The molecule has 0 atom stereocenters. The molecule has 1 aromatic heterocycles. The van der Waals surface area contributed by atoms with Gasteiger partial charge in [-0.25, -0.2) is 0 Å². The molecular weight excluding hydrogens is 210 g/mol. The molecule has 3 nitrogen and oxygen atoms in total. The predicted molar refractivity (Wildman–Crippen MR) is 64.1 cm³/mol. The minimum Gasteiger partial charge on any atom is -0.310 e. The zero-order valence-electron chi connectivity index (χ0n) is 9.33. The molecule has 0 bridgehead atoms. The Morgan fingerprint density at radius 3 is 2.87 bits per heavy atom. The van der Waals surface area contributed by atoms with Gasteiger partial charge in [0.25, 0.3) is 0 Å². The van der Waals surface area contributed by atoms with Crippen LogP contribution in [0, 0.1) is 0 Å². The van der Waals surface area contributed by atoms with Crippen molar-refractivity contribution in [2.45, 2.75) is 13.5 Å². The summed E-state index contributed by atoms with van der Waals surface area (Å²) in [7, 11) is 2.11. The van der Waals surface area contributed by atoms with Gasteiger partial charge >= 0.3 is 0 Å². The summed E-state index contributed by atoms with van der Waals surface area (Å²) in [6.45, 7) is 6.08. The fourth-order valence-corrected chi connectivity index (χ4v) is 1.27. The minimum atomic E-state index is 0.685. The molecule has 0 spiro atoms. The summed E-state index contributed by atoms with van der Waals surface area (Å²) in [6, 6.07) is 3.81. The average Bonchev–Trinajstić information content (AvgIpc) is 2.26. The first kappa shape index (κ1) is 12.4. The maximum absolute atomic E-state index is 5.74. The third kappa shape index (κ3) is 5.11. The molecule has 0 saturated heterocycles. The van der Waals surface area contributed by atoms with Crippen molar-refractivity contribution in [3.63, 3.8) is 0 Å². The zero-order chi connectivity index (χ0) is 11.1. The van der Waals surface area contributed by atoms with E-state index < -0.39 is 0 Å². The number of halogens is 1. The van der Waals surface area contributed by atoms with E-state index in [0.717, 1.165) is 31.9 Å². The molecule has 0 aliphatic rings. The van der Waals surface area contributed by atoms with Gasteiger partial charge in [-0.05, 0) is 25.7 Å². The Morgan fingerprint density at radius 2 is 2.27 bits per heavy atom. The molecule has 1 N–H and O–H groups in total. The molecule has 0 aliphatic heterocycles. The van der Waals surface area contributed by atoms with E-state index in [4.69, 9.17) is 11.6 Å². The summed E-state index contributed by atoms with van der Waals surface area (Å²) in [6.07, 6.45) is 1.68. The first-order chi connectivity index (χ1) is 7.22. The summed E-state index contributed by atoms with van der Waals surface area (Å²) in [4.78, 5) is 6.47. The third-order valence-electron chi connectivity index (χ3n) is 2.30. The highest BCUT2D eigenvalue weighted by Gasteiger charge is 1.96. The lowest BCUT2D eigenvalue weighted by molar-refractivity contribution is 0.348. The van der Waals surface area contributed by atoms with Crippen LogP contribution >= 0.6 is 11.6 Å². The van der Waals surface area contributed by atoms with Gasteiger partial charge in [-0.2, -0.15) is 0 Å². The van der Waals surface area contributed by atoms with Crippen LogP contribution in [0.15, 0.2) is 18.3 Å². The quantitative estimate of drug-likeness (QED) is 0.751. The SMILES string of the molecule is CCN(C)CCNCc1ccc(Cl)cn1. The fraction of sp³-hybridized carbons (Fsp3) is 0.545. The van der Waals surface area contributed by atoms with Crippen LogP contribution in [0.4, 0.5) is 0 Å². The van der Waals surface area contributed by atoms with Gasteiger partial charge in [0.1, 0.15) is 0 Å². The molecule has 15 heavy (non-hydrogen) atoms. The summed E-state index contributed by atoms with van der Waals surface area (Å²) < 4.78 is 0. The number of likely N-dealkylation sites (N-methyl/N-ethyl adjacent to an activating group) is 1. The largest absolute Gasteiger partial charge is 0.310 e. The highest BCUT2D eigenvalue weighted by molar-refractivity contribution is 6.30. The van der Waals surface area contributed by atoms with E-state index in [0.29, 0.717) is 5.02 Å². The maximum Gasteiger partial charge on any atom is 0.0589 e. The van der Waals surface area contributed by atoms with Gasteiger partial charge in [0.05, 0.1) is 10.7 Å². The van der Waals surface area contributed by atoms with Gasteiger partial charge in [0.2, 0.25) is 0 Å². The Hall–Kier alpha value is -0.640. The molecule has 0 unspecified atom stereocenters. The molecule has 84 valence electrons. The van der Waals surface area contributed by atoms with E-state index in [-0.39, 0.29) is 0 Å². The Labute approximate surface area is 96.5 Å². The highest BCUT2D eigenvalue weighted by atomic mass is 35.5. The fourth-order valence-electron chi connectivity index (χ4n) is 1.16. The molecule has 1 heterocycles. The van der Waals surface area contributed by atoms with Gasteiger partial charge in [-0.3, -0.25) is 4.98 Å². The molecule has 0 radical (unpaired) electrons. The van der Waals surface area contributed by atoms with Crippen molar-refractivity contribution in [2.75, 3.05) is 26.7 Å². The predicted octanol–water partition coefficient (Wildman–Crippen LogP) is 1.78. The van der Waals surface area contributed by atoms with E-state index in [1.54, 1.807) is 6.20 Å². The van der Waals surface area contributed by atoms with E-state index in [1.165, 1.54) is 0 Å². The van der Waals surface area contributed by atoms with Crippen molar-refractivity contribution in [1.29, 1.82) is 0 Å². The maximum atomic E-state index is 5.74. The number of nitrogens with zero attached hydrogens (tertiary/aromatic N) is 2. The number of hydrogen-bond donors (Lipinski definition) is 1. The molecule has 0 fully saturated rings. The Kier molecular flexibility index (Phi) is 5.61. The Balaban J connectivity index is 2.17. The van der Waals surface area contributed by atoms with E-state index in [2.05, 4.69) is 29.2 Å². The monoisotopic (exact) mass is 227 g/mol. The van der Waals surface area contributed by atoms with Crippen molar-refractivity contribution >= 4 is 11.6 Å². The van der Waals surface area contributed by atoms with Crippen LogP contribution in [-0.2, 0) is 6.54 Å². The molecule has 1 rings (SSSR count). The summed E-state index contributed by atoms with van der Waals surface area (Å²) in [5, 5.41) is 4.02. The lowest BCUT2D eigenvalue weighted by Crippen LogP contribution is -2.28. The van der Waals surface area contributed by atoms with Crippen LogP contribution in [0.5, 0.6) is 0 Å². The first-order valence-electron chi connectivity index (χ1n) is 5.22. The third-order valence-corrected chi connectivity index (χ3v) is 2.53. The summed E-state index contributed by atoms with van der Waals surface area (Å²) in [5.74, 6) is 0. The van der Waals surface area contributed by atoms with E-state index in [1.807, 2.05) is 12.1 Å². The number of rotatable bonds is 6. The first-order valence-corrected chi connectivity index (χ1v) is 5.60. The van der Waals surface area contributed by atoms with Crippen LogP contribution in [0.25, 0.3) is 0 Å². The van der Waals surface area contributed by atoms with Gasteiger partial charge in [0, 0.05) is 25.8 Å². The standard InChI is InChI=1S/C11H18ClN3/c1-3-15(2)7-6-13-9-11-5-4-10(12)8-14-11/h4-5,8,13H,3,6-7,9H2,1-2H3. The van der Waals surface area contributed by atoms with E-state index >= 15 is 0 Å². The van der Waals surface area contributed by atoms with Gasteiger partial charge < -0.3 is 10.2 Å². The van der Waals surface area contributed by atoms with Gasteiger partial charge in [-0.1, -0.05) is 18.5 Å². The van der Waals surface area contributed by atoms with Crippen molar-refractivity contribution in [2.24, 2.45) is 0 Å². The molecule has 0 aliphatic carbocycles. The highest BCUT2D eigenvalue weighted by Crippen LogP contribution is 2.05. The summed E-state index contributed by atoms with van der Waals surface area (Å²) >= 11 is 5.74. The zero-order valence-corrected chi connectivity index (χ0v) is 10.1. The molecule has 0 aromatic carbocycles. The van der Waals surface area contributed by atoms with Crippen molar-refractivity contribution in [1.82, 2.24) is 15.2 Å². The second kappa shape index (κ2) is 6.77. The van der Waals surface area contributed by atoms with Crippen LogP contribution < -0.4 is 5.32 Å². The molecule has 1 aromatic rings. The van der Waals surface area contributed by atoms with Crippen molar-refractivity contribution < 1.29 is 0 Å². The number of aromatic nitrogens is 1. The average molecular weight is 228 g/mol. The van der Waals surface area contributed by atoms with Crippen LogP contribution in [-0.4, -0.2) is 36.6 Å². The summed E-state index contributed by atoms with van der Waals surface area (Å²) in [5.41, 5.74) is 1.03. The van der Waals surface area contributed by atoms with Crippen molar-refractivity contribution in [3.05, 3.63) is 29.0 Å². The minimum absolute atomic E-state index is 0.685. The molecular formula is C11H18ClN3. The van der Waals surface area contributed by atoms with Gasteiger partial charge in [-0.15, -0.1) is 0 Å². The second-order valence-corrected chi connectivity index (χ2v) is 3.98. The van der Waals surface area contributed by atoms with E-state index in [9.17, 15) is 0 Å².